The Morgan fingerprint density at radius 3 is 2.35 bits per heavy atom. The van der Waals surface area contributed by atoms with E-state index >= 15 is 0 Å². The summed E-state index contributed by atoms with van der Waals surface area (Å²) in [4.78, 5) is 16.6. The number of methoxy groups -OCH3 is 1. The number of hydrogen-bond donors (Lipinski definition) is 1. The molecule has 1 amide bonds. The summed E-state index contributed by atoms with van der Waals surface area (Å²) in [7, 11) is 1.46. The highest BCUT2D eigenvalue weighted by atomic mass is 35.5. The third kappa shape index (κ3) is 4.34. The normalized spacial score (nSPS) is 10.4. The highest BCUT2D eigenvalue weighted by Crippen LogP contribution is 2.32. The molecule has 0 aliphatic carbocycles. The first-order chi connectivity index (χ1) is 12.6. The monoisotopic (exact) mass is 386 g/mol. The average molecular weight is 387 g/mol. The topological polar surface area (TPSA) is 51.2 Å². The fourth-order valence-electron chi connectivity index (χ4n) is 2.58. The molecule has 0 aliphatic rings. The van der Waals surface area contributed by atoms with Gasteiger partial charge in [0.15, 0.2) is 0 Å². The number of amides is 1. The van der Waals surface area contributed by atoms with Crippen LogP contribution in [0, 0.1) is 0 Å². The molecule has 2 aromatic carbocycles. The summed E-state index contributed by atoms with van der Waals surface area (Å²) in [6.45, 7) is 0. The van der Waals surface area contributed by atoms with E-state index in [1.165, 1.54) is 24.8 Å². The van der Waals surface area contributed by atoms with Crippen molar-refractivity contribution in [2.24, 2.45) is 0 Å². The smallest absolute Gasteiger partial charge is 0.259 e. The zero-order valence-corrected chi connectivity index (χ0v) is 15.5. The van der Waals surface area contributed by atoms with Gasteiger partial charge < -0.3 is 10.1 Å². The quantitative estimate of drug-likeness (QED) is 0.651. The molecule has 0 spiro atoms. The predicted molar refractivity (Wildman–Crippen MR) is 104 cm³/mol. The fourth-order valence-corrected chi connectivity index (χ4v) is 3.15. The minimum Gasteiger partial charge on any atom is -0.494 e. The lowest BCUT2D eigenvalue weighted by Crippen LogP contribution is -2.13. The third-order valence-electron chi connectivity index (χ3n) is 3.83. The molecule has 0 bridgehead atoms. The summed E-state index contributed by atoms with van der Waals surface area (Å²) in [5.41, 5.74) is 3.27. The molecule has 1 aromatic heterocycles. The van der Waals surface area contributed by atoms with E-state index in [4.69, 9.17) is 27.9 Å². The minimum atomic E-state index is -0.340. The van der Waals surface area contributed by atoms with Gasteiger partial charge in [0.25, 0.3) is 5.91 Å². The summed E-state index contributed by atoms with van der Waals surface area (Å²) in [6.07, 6.45) is 4.34. The Kier molecular flexibility index (Phi) is 5.76. The largest absolute Gasteiger partial charge is 0.494 e. The Bertz CT molecular complexity index is 913. The fraction of sp³-hybridized carbons (Fsp3) is 0.100. The van der Waals surface area contributed by atoms with Gasteiger partial charge >= 0.3 is 0 Å². The van der Waals surface area contributed by atoms with Crippen molar-refractivity contribution in [3.63, 3.8) is 0 Å². The van der Waals surface area contributed by atoms with Crippen LogP contribution in [0.15, 0.2) is 60.9 Å². The first-order valence-corrected chi connectivity index (χ1v) is 8.64. The molecule has 0 saturated carbocycles. The van der Waals surface area contributed by atoms with Gasteiger partial charge in [0.2, 0.25) is 0 Å². The number of benzene rings is 2. The average Bonchev–Trinajstić information content (AvgIpc) is 2.63. The zero-order chi connectivity index (χ0) is 18.5. The minimum absolute atomic E-state index is 0.283. The van der Waals surface area contributed by atoms with E-state index < -0.39 is 0 Å². The van der Waals surface area contributed by atoms with E-state index in [-0.39, 0.29) is 16.5 Å². The Balaban J connectivity index is 1.74. The van der Waals surface area contributed by atoms with Crippen LogP contribution in [0.2, 0.25) is 10.0 Å². The van der Waals surface area contributed by atoms with E-state index in [9.17, 15) is 4.79 Å². The van der Waals surface area contributed by atoms with Gasteiger partial charge in [-0.3, -0.25) is 9.78 Å². The maximum Gasteiger partial charge on any atom is 0.259 e. The molecular weight excluding hydrogens is 371 g/mol. The lowest BCUT2D eigenvalue weighted by Gasteiger charge is -2.12. The van der Waals surface area contributed by atoms with Crippen LogP contribution >= 0.6 is 23.2 Å². The first kappa shape index (κ1) is 18.2. The molecule has 0 unspecified atom stereocenters. The van der Waals surface area contributed by atoms with E-state index in [2.05, 4.69) is 10.3 Å². The molecule has 1 heterocycles. The van der Waals surface area contributed by atoms with Crippen molar-refractivity contribution in [2.45, 2.75) is 6.42 Å². The van der Waals surface area contributed by atoms with Crippen molar-refractivity contribution < 1.29 is 9.53 Å². The van der Waals surface area contributed by atoms with E-state index in [0.717, 1.165) is 12.0 Å². The van der Waals surface area contributed by atoms with Gasteiger partial charge in [0.05, 0.1) is 17.7 Å². The van der Waals surface area contributed by atoms with Crippen LogP contribution in [0.1, 0.15) is 21.5 Å². The van der Waals surface area contributed by atoms with Gasteiger partial charge in [-0.25, -0.2) is 0 Å². The van der Waals surface area contributed by atoms with Crippen LogP contribution in [0.25, 0.3) is 0 Å². The number of anilines is 1. The maximum absolute atomic E-state index is 12.6. The number of hydrogen-bond acceptors (Lipinski definition) is 3. The number of nitrogens with zero attached hydrogens (tertiary/aromatic N) is 1. The molecular formula is C20H16Cl2N2O2. The van der Waals surface area contributed by atoms with Crippen molar-refractivity contribution in [3.05, 3.63) is 87.7 Å². The van der Waals surface area contributed by atoms with Gasteiger partial charge in [-0.1, -0.05) is 35.3 Å². The van der Waals surface area contributed by atoms with Crippen LogP contribution in [0.4, 0.5) is 5.69 Å². The zero-order valence-electron chi connectivity index (χ0n) is 14.0. The number of pyridine rings is 1. The lowest BCUT2D eigenvalue weighted by atomic mass is 10.1. The van der Waals surface area contributed by atoms with Crippen molar-refractivity contribution >= 4 is 34.8 Å². The van der Waals surface area contributed by atoms with Gasteiger partial charge in [-0.15, -0.1) is 0 Å². The number of carbonyl (C=O) groups excluding carboxylic acids is 1. The van der Waals surface area contributed by atoms with Crippen LogP contribution in [0.5, 0.6) is 5.75 Å². The van der Waals surface area contributed by atoms with Crippen LogP contribution in [0.3, 0.4) is 0 Å². The Morgan fingerprint density at radius 1 is 1.04 bits per heavy atom. The van der Waals surface area contributed by atoms with E-state index in [1.807, 2.05) is 36.4 Å². The summed E-state index contributed by atoms with van der Waals surface area (Å²) in [5.74, 6) is -0.0454. The predicted octanol–water partition coefficient (Wildman–Crippen LogP) is 5.24. The molecule has 0 atom stereocenters. The third-order valence-corrected chi connectivity index (χ3v) is 4.33. The number of aromatic nitrogens is 1. The summed E-state index contributed by atoms with van der Waals surface area (Å²) >= 11 is 12.1. The number of rotatable bonds is 5. The highest BCUT2D eigenvalue weighted by Gasteiger charge is 2.17. The molecule has 3 rings (SSSR count). The molecule has 0 fully saturated rings. The molecule has 1 N–H and O–H groups in total. The SMILES string of the molecule is COc1c(Cl)cc(Cl)cc1C(=O)Nc1ccc(Cc2ccncc2)cc1. The van der Waals surface area contributed by atoms with Crippen molar-refractivity contribution in [2.75, 3.05) is 12.4 Å². The van der Waals surface area contributed by atoms with Crippen molar-refractivity contribution in [1.29, 1.82) is 0 Å². The number of halogens is 2. The molecule has 6 heteroatoms. The number of nitrogens with one attached hydrogen (secondary N) is 1. The number of ether oxygens (including phenoxy) is 1. The molecule has 4 nitrogen and oxygen atoms in total. The first-order valence-electron chi connectivity index (χ1n) is 7.89. The molecule has 0 radical (unpaired) electrons. The molecule has 0 saturated heterocycles. The molecule has 132 valence electrons. The van der Waals surface area contributed by atoms with E-state index in [0.29, 0.717) is 16.5 Å². The van der Waals surface area contributed by atoms with Crippen molar-refractivity contribution in [3.8, 4) is 5.75 Å². The second kappa shape index (κ2) is 8.21. The van der Waals surface area contributed by atoms with Crippen LogP contribution < -0.4 is 10.1 Å². The summed E-state index contributed by atoms with van der Waals surface area (Å²) in [5, 5.41) is 3.49. The lowest BCUT2D eigenvalue weighted by molar-refractivity contribution is 0.102. The van der Waals surface area contributed by atoms with E-state index in [1.54, 1.807) is 12.4 Å². The molecule has 3 aromatic rings. The molecule has 26 heavy (non-hydrogen) atoms. The number of carbonyl (C=O) groups is 1. The Morgan fingerprint density at radius 2 is 1.69 bits per heavy atom. The van der Waals surface area contributed by atoms with Gasteiger partial charge in [-0.2, -0.15) is 0 Å². The summed E-state index contributed by atoms with van der Waals surface area (Å²) < 4.78 is 5.22. The Labute approximate surface area is 161 Å². The van der Waals surface area contributed by atoms with Crippen LogP contribution in [-0.2, 0) is 6.42 Å². The van der Waals surface area contributed by atoms with Gasteiger partial charge in [-0.05, 0) is 53.9 Å². The van der Waals surface area contributed by atoms with Gasteiger partial charge in [0.1, 0.15) is 5.75 Å². The second-order valence-corrected chi connectivity index (χ2v) is 6.50. The maximum atomic E-state index is 12.6. The Hall–Kier alpha value is -2.56. The van der Waals surface area contributed by atoms with Gasteiger partial charge in [0, 0.05) is 23.1 Å². The van der Waals surface area contributed by atoms with Crippen molar-refractivity contribution in [1.82, 2.24) is 4.98 Å². The van der Waals surface area contributed by atoms with Crippen LogP contribution in [-0.4, -0.2) is 18.0 Å². The standard InChI is InChI=1S/C20H16Cl2N2O2/c1-26-19-17(11-15(21)12-18(19)22)20(25)24-16-4-2-13(3-5-16)10-14-6-8-23-9-7-14/h2-9,11-12H,10H2,1H3,(H,24,25). The highest BCUT2D eigenvalue weighted by molar-refractivity contribution is 6.36. The second-order valence-electron chi connectivity index (χ2n) is 5.65. The summed E-state index contributed by atoms with van der Waals surface area (Å²) in [6, 6.07) is 14.7. The molecule has 0 aliphatic heterocycles.